The second-order valence-corrected chi connectivity index (χ2v) is 5.14. The van der Waals surface area contributed by atoms with Gasteiger partial charge in [-0.2, -0.15) is 0 Å². The van der Waals surface area contributed by atoms with Crippen molar-refractivity contribution in [3.63, 3.8) is 0 Å². The van der Waals surface area contributed by atoms with E-state index in [9.17, 15) is 4.79 Å². The zero-order valence-electron chi connectivity index (χ0n) is 11.8. The predicted octanol–water partition coefficient (Wildman–Crippen LogP) is 2.95. The number of halogens is 1. The Kier molecular flexibility index (Phi) is 6.15. The quantitative estimate of drug-likeness (QED) is 0.753. The summed E-state index contributed by atoms with van der Waals surface area (Å²) in [6, 6.07) is 5.36. The molecule has 0 atom stereocenters. The van der Waals surface area contributed by atoms with Gasteiger partial charge in [0, 0.05) is 24.0 Å². The molecule has 19 heavy (non-hydrogen) atoms. The van der Waals surface area contributed by atoms with E-state index in [1.807, 2.05) is 13.8 Å². The highest BCUT2D eigenvalue weighted by atomic mass is 79.9. The molecule has 0 aromatic heterocycles. The second-order valence-electron chi connectivity index (χ2n) is 4.35. The molecule has 0 radical (unpaired) electrons. The van der Waals surface area contributed by atoms with E-state index < -0.39 is 0 Å². The molecule has 0 heterocycles. The zero-order valence-corrected chi connectivity index (χ0v) is 13.4. The molecule has 0 aliphatic rings. The highest BCUT2D eigenvalue weighted by Crippen LogP contribution is 2.26. The summed E-state index contributed by atoms with van der Waals surface area (Å²) in [5.41, 5.74) is 0.554. The zero-order chi connectivity index (χ0) is 14.4. The molecule has 0 aliphatic heterocycles. The van der Waals surface area contributed by atoms with Crippen molar-refractivity contribution in [2.45, 2.75) is 19.9 Å². The number of nitrogens with zero attached hydrogens (tertiary/aromatic N) is 1. The molecule has 0 unspecified atom stereocenters. The molecule has 0 saturated heterocycles. The molecule has 1 rings (SSSR count). The number of ether oxygens (including phenoxy) is 2. The van der Waals surface area contributed by atoms with Crippen LogP contribution in [0.25, 0.3) is 0 Å². The van der Waals surface area contributed by atoms with E-state index in [0.717, 1.165) is 5.33 Å². The first-order valence-corrected chi connectivity index (χ1v) is 7.26. The number of carbonyl (C=O) groups is 1. The van der Waals surface area contributed by atoms with Gasteiger partial charge in [-0.1, -0.05) is 15.9 Å². The number of hydrogen-bond acceptors (Lipinski definition) is 3. The van der Waals surface area contributed by atoms with Crippen molar-refractivity contribution in [2.24, 2.45) is 0 Å². The Morgan fingerprint density at radius 1 is 1.32 bits per heavy atom. The number of hydrogen-bond donors (Lipinski definition) is 0. The molecule has 4 nitrogen and oxygen atoms in total. The summed E-state index contributed by atoms with van der Waals surface area (Å²) in [5.74, 6) is 1.17. The average molecular weight is 330 g/mol. The number of methoxy groups -OCH3 is 2. The maximum Gasteiger partial charge on any atom is 0.257 e. The number of alkyl halides is 1. The fraction of sp³-hybridized carbons (Fsp3) is 0.500. The number of benzene rings is 1. The average Bonchev–Trinajstić information content (AvgIpc) is 2.42. The van der Waals surface area contributed by atoms with E-state index in [4.69, 9.17) is 9.47 Å². The Morgan fingerprint density at radius 3 is 2.47 bits per heavy atom. The number of rotatable bonds is 6. The van der Waals surface area contributed by atoms with Gasteiger partial charge in [-0.05, 0) is 26.0 Å². The van der Waals surface area contributed by atoms with Gasteiger partial charge >= 0.3 is 0 Å². The second kappa shape index (κ2) is 7.38. The lowest BCUT2D eigenvalue weighted by Gasteiger charge is -2.26. The van der Waals surface area contributed by atoms with Gasteiger partial charge in [0.25, 0.3) is 5.91 Å². The SMILES string of the molecule is COc1ccc(C(=O)N(CCBr)C(C)C)c(OC)c1. The summed E-state index contributed by atoms with van der Waals surface area (Å²) in [5, 5.41) is 0.745. The highest BCUT2D eigenvalue weighted by Gasteiger charge is 2.21. The van der Waals surface area contributed by atoms with Gasteiger partial charge in [0.05, 0.1) is 19.8 Å². The molecule has 106 valence electrons. The lowest BCUT2D eigenvalue weighted by molar-refractivity contribution is 0.0716. The van der Waals surface area contributed by atoms with Crippen LogP contribution in [0.5, 0.6) is 11.5 Å². The Hall–Kier alpha value is -1.23. The lowest BCUT2D eigenvalue weighted by atomic mass is 10.1. The molecule has 0 fully saturated rings. The van der Waals surface area contributed by atoms with Crippen LogP contribution in [0.2, 0.25) is 0 Å². The minimum Gasteiger partial charge on any atom is -0.497 e. The van der Waals surface area contributed by atoms with Crippen LogP contribution in [-0.4, -0.2) is 42.9 Å². The predicted molar refractivity (Wildman–Crippen MR) is 79.5 cm³/mol. The van der Waals surface area contributed by atoms with Gasteiger partial charge in [-0.3, -0.25) is 4.79 Å². The van der Waals surface area contributed by atoms with Gasteiger partial charge < -0.3 is 14.4 Å². The third kappa shape index (κ3) is 3.86. The fourth-order valence-electron chi connectivity index (χ4n) is 1.82. The summed E-state index contributed by atoms with van der Waals surface area (Å²) in [6.45, 7) is 4.65. The van der Waals surface area contributed by atoms with Crippen LogP contribution < -0.4 is 9.47 Å². The summed E-state index contributed by atoms with van der Waals surface area (Å²) in [7, 11) is 3.14. The van der Waals surface area contributed by atoms with Crippen molar-refractivity contribution < 1.29 is 14.3 Å². The Labute approximate surface area is 122 Å². The molecule has 0 aliphatic carbocycles. The fourth-order valence-corrected chi connectivity index (χ4v) is 2.20. The van der Waals surface area contributed by atoms with E-state index in [1.54, 1.807) is 37.3 Å². The first kappa shape index (κ1) is 15.8. The normalized spacial score (nSPS) is 10.4. The van der Waals surface area contributed by atoms with Crippen molar-refractivity contribution in [3.05, 3.63) is 23.8 Å². The van der Waals surface area contributed by atoms with Crippen LogP contribution in [0.15, 0.2) is 18.2 Å². The van der Waals surface area contributed by atoms with Crippen molar-refractivity contribution in [3.8, 4) is 11.5 Å². The molecular weight excluding hydrogens is 310 g/mol. The summed E-state index contributed by atoms with van der Waals surface area (Å²) in [6.07, 6.45) is 0. The van der Waals surface area contributed by atoms with Gasteiger partial charge in [-0.25, -0.2) is 0 Å². The van der Waals surface area contributed by atoms with Gasteiger partial charge in [0.15, 0.2) is 0 Å². The molecule has 0 spiro atoms. The van der Waals surface area contributed by atoms with Crippen LogP contribution in [-0.2, 0) is 0 Å². The van der Waals surface area contributed by atoms with Crippen molar-refractivity contribution >= 4 is 21.8 Å². The molecule has 1 aromatic carbocycles. The maximum absolute atomic E-state index is 12.5. The van der Waals surface area contributed by atoms with E-state index >= 15 is 0 Å². The monoisotopic (exact) mass is 329 g/mol. The topological polar surface area (TPSA) is 38.8 Å². The van der Waals surface area contributed by atoms with Crippen molar-refractivity contribution in [1.82, 2.24) is 4.90 Å². The molecule has 0 N–H and O–H groups in total. The van der Waals surface area contributed by atoms with E-state index in [1.165, 1.54) is 0 Å². The number of carbonyl (C=O) groups excluding carboxylic acids is 1. The largest absolute Gasteiger partial charge is 0.497 e. The Balaban J connectivity index is 3.09. The third-order valence-electron chi connectivity index (χ3n) is 2.85. The van der Waals surface area contributed by atoms with Crippen LogP contribution in [0.1, 0.15) is 24.2 Å². The maximum atomic E-state index is 12.5. The van der Waals surface area contributed by atoms with Gasteiger partial charge in [-0.15, -0.1) is 0 Å². The Bertz CT molecular complexity index is 435. The third-order valence-corrected chi connectivity index (χ3v) is 3.20. The van der Waals surface area contributed by atoms with Crippen LogP contribution >= 0.6 is 15.9 Å². The van der Waals surface area contributed by atoms with Crippen LogP contribution in [0.4, 0.5) is 0 Å². The molecule has 0 saturated carbocycles. The van der Waals surface area contributed by atoms with Gasteiger partial charge in [0.1, 0.15) is 11.5 Å². The standard InChI is InChI=1S/C14H20BrNO3/c1-10(2)16(8-7-15)14(17)12-6-5-11(18-3)9-13(12)19-4/h5-6,9-10H,7-8H2,1-4H3. The van der Waals surface area contributed by atoms with E-state index in [0.29, 0.717) is 23.6 Å². The first-order valence-electron chi connectivity index (χ1n) is 6.14. The summed E-state index contributed by atoms with van der Waals surface area (Å²) in [4.78, 5) is 14.3. The van der Waals surface area contributed by atoms with Gasteiger partial charge in [0.2, 0.25) is 0 Å². The van der Waals surface area contributed by atoms with Crippen LogP contribution in [0.3, 0.4) is 0 Å². The smallest absolute Gasteiger partial charge is 0.257 e. The van der Waals surface area contributed by atoms with Crippen molar-refractivity contribution in [1.29, 1.82) is 0 Å². The molecule has 1 amide bonds. The lowest BCUT2D eigenvalue weighted by Crippen LogP contribution is -2.38. The minimum absolute atomic E-state index is 0.0334. The van der Waals surface area contributed by atoms with Crippen molar-refractivity contribution in [2.75, 3.05) is 26.1 Å². The number of amides is 1. The highest BCUT2D eigenvalue weighted by molar-refractivity contribution is 9.09. The summed E-state index contributed by atoms with van der Waals surface area (Å²) < 4.78 is 10.4. The first-order chi connectivity index (χ1) is 9.04. The summed E-state index contributed by atoms with van der Waals surface area (Å²) >= 11 is 3.37. The molecule has 5 heteroatoms. The molecule has 1 aromatic rings. The minimum atomic E-state index is -0.0334. The molecule has 0 bridgehead atoms. The Morgan fingerprint density at radius 2 is 2.00 bits per heavy atom. The van der Waals surface area contributed by atoms with E-state index in [2.05, 4.69) is 15.9 Å². The molecular formula is C14H20BrNO3. The van der Waals surface area contributed by atoms with E-state index in [-0.39, 0.29) is 11.9 Å². The van der Waals surface area contributed by atoms with Crippen LogP contribution in [0, 0.1) is 0 Å².